The fraction of sp³-hybridized carbons (Fsp3) is 0.476. The largest absolute Gasteiger partial charge is 0.366 e. The van der Waals surface area contributed by atoms with Crippen molar-refractivity contribution in [2.45, 2.75) is 40.0 Å². The first-order chi connectivity index (χ1) is 12.9. The summed E-state index contributed by atoms with van der Waals surface area (Å²) in [6.45, 7) is 7.61. The van der Waals surface area contributed by atoms with E-state index in [-0.39, 0.29) is 17.7 Å². The standard InChI is InChI=1S/C21H27N3O3/c1-4-11-24-20(26)18(16-7-9-17(10-8-16)22-15(3)25)19(21(24)27)23-12-5-6-14(2)13-23/h7-10,14H,4-6,11-13H2,1-3H3,(H,22,25). The van der Waals surface area contributed by atoms with Crippen LogP contribution in [0.5, 0.6) is 0 Å². The highest BCUT2D eigenvalue weighted by Crippen LogP contribution is 2.34. The summed E-state index contributed by atoms with van der Waals surface area (Å²) in [6.07, 6.45) is 2.90. The molecule has 3 rings (SSSR count). The van der Waals surface area contributed by atoms with E-state index in [1.54, 1.807) is 24.3 Å². The predicted molar refractivity (Wildman–Crippen MR) is 105 cm³/mol. The molecule has 27 heavy (non-hydrogen) atoms. The highest BCUT2D eigenvalue weighted by atomic mass is 16.2. The lowest BCUT2D eigenvalue weighted by Gasteiger charge is -2.33. The Kier molecular flexibility index (Phi) is 5.63. The number of imide groups is 1. The van der Waals surface area contributed by atoms with Crippen LogP contribution < -0.4 is 5.32 Å². The molecule has 0 radical (unpaired) electrons. The van der Waals surface area contributed by atoms with Gasteiger partial charge >= 0.3 is 0 Å². The Morgan fingerprint density at radius 2 is 1.89 bits per heavy atom. The molecular formula is C21H27N3O3. The highest BCUT2D eigenvalue weighted by Gasteiger charge is 2.41. The van der Waals surface area contributed by atoms with Crippen LogP contribution in [-0.2, 0) is 14.4 Å². The summed E-state index contributed by atoms with van der Waals surface area (Å²) in [5.41, 5.74) is 2.40. The molecule has 1 aromatic carbocycles. The number of hydrogen-bond donors (Lipinski definition) is 1. The lowest BCUT2D eigenvalue weighted by Crippen LogP contribution is -2.39. The molecule has 6 nitrogen and oxygen atoms in total. The van der Waals surface area contributed by atoms with E-state index in [9.17, 15) is 14.4 Å². The zero-order chi connectivity index (χ0) is 19.6. The third kappa shape index (κ3) is 3.89. The first kappa shape index (κ1) is 19.1. The maximum Gasteiger partial charge on any atom is 0.277 e. The van der Waals surface area contributed by atoms with Crippen LogP contribution in [-0.4, -0.2) is 47.2 Å². The summed E-state index contributed by atoms with van der Waals surface area (Å²) in [6, 6.07) is 7.13. The molecule has 1 unspecified atom stereocenters. The number of carbonyl (C=O) groups is 3. The third-order valence-corrected chi connectivity index (χ3v) is 5.06. The number of hydrogen-bond acceptors (Lipinski definition) is 4. The second-order valence-electron chi connectivity index (χ2n) is 7.44. The molecule has 2 aliphatic rings. The molecule has 144 valence electrons. The summed E-state index contributed by atoms with van der Waals surface area (Å²) >= 11 is 0. The number of nitrogens with zero attached hydrogens (tertiary/aromatic N) is 2. The maximum atomic E-state index is 13.1. The number of anilines is 1. The third-order valence-electron chi connectivity index (χ3n) is 5.06. The average Bonchev–Trinajstić information content (AvgIpc) is 2.87. The minimum atomic E-state index is -0.220. The van der Waals surface area contributed by atoms with Gasteiger partial charge in [0.1, 0.15) is 5.70 Å². The molecule has 0 bridgehead atoms. The van der Waals surface area contributed by atoms with Gasteiger partial charge in [0.05, 0.1) is 5.57 Å². The van der Waals surface area contributed by atoms with Crippen molar-refractivity contribution in [1.82, 2.24) is 9.80 Å². The molecule has 1 atom stereocenters. The van der Waals surface area contributed by atoms with E-state index in [4.69, 9.17) is 0 Å². The Bertz CT molecular complexity index is 782. The molecule has 3 amide bonds. The van der Waals surface area contributed by atoms with Gasteiger partial charge in [-0.3, -0.25) is 19.3 Å². The SMILES string of the molecule is CCCN1C(=O)C(c2ccc(NC(C)=O)cc2)=C(N2CCCC(C)C2)C1=O. The summed E-state index contributed by atoms with van der Waals surface area (Å²) in [5.74, 6) is -0.0526. The first-order valence-electron chi connectivity index (χ1n) is 9.65. The molecule has 1 aromatic rings. The number of carbonyl (C=O) groups excluding carboxylic acids is 3. The van der Waals surface area contributed by atoms with Gasteiger partial charge in [-0.05, 0) is 42.9 Å². The fourth-order valence-corrected chi connectivity index (χ4v) is 3.86. The summed E-state index contributed by atoms with van der Waals surface area (Å²) in [5, 5.41) is 2.72. The molecule has 0 aromatic heterocycles. The molecule has 0 spiro atoms. The van der Waals surface area contributed by atoms with E-state index >= 15 is 0 Å². The Balaban J connectivity index is 2.01. The molecule has 0 aliphatic carbocycles. The van der Waals surface area contributed by atoms with Crippen molar-refractivity contribution in [3.63, 3.8) is 0 Å². The van der Waals surface area contributed by atoms with Gasteiger partial charge in [0.15, 0.2) is 0 Å². The van der Waals surface area contributed by atoms with Gasteiger partial charge in [-0.1, -0.05) is 26.0 Å². The first-order valence-corrected chi connectivity index (χ1v) is 9.65. The van der Waals surface area contributed by atoms with Crippen LogP contribution in [0.2, 0.25) is 0 Å². The molecule has 1 saturated heterocycles. The van der Waals surface area contributed by atoms with Gasteiger partial charge in [0.25, 0.3) is 11.8 Å². The Labute approximate surface area is 160 Å². The molecule has 1 fully saturated rings. The number of benzene rings is 1. The number of rotatable bonds is 5. The van der Waals surface area contributed by atoms with Crippen LogP contribution in [0.3, 0.4) is 0 Å². The zero-order valence-electron chi connectivity index (χ0n) is 16.2. The van der Waals surface area contributed by atoms with Gasteiger partial charge in [0.2, 0.25) is 5.91 Å². The van der Waals surface area contributed by atoms with Crippen LogP contribution in [0.25, 0.3) is 5.57 Å². The molecular weight excluding hydrogens is 342 g/mol. The van der Waals surface area contributed by atoms with Crippen molar-refractivity contribution in [2.24, 2.45) is 5.92 Å². The van der Waals surface area contributed by atoms with Crippen molar-refractivity contribution in [2.75, 3.05) is 25.0 Å². The quantitative estimate of drug-likeness (QED) is 0.811. The normalized spacial score (nSPS) is 20.5. The predicted octanol–water partition coefficient (Wildman–Crippen LogP) is 2.87. The smallest absolute Gasteiger partial charge is 0.277 e. The summed E-state index contributed by atoms with van der Waals surface area (Å²) < 4.78 is 0. The zero-order valence-corrected chi connectivity index (χ0v) is 16.2. The Hall–Kier alpha value is -2.63. The number of amides is 3. The molecule has 0 saturated carbocycles. The Morgan fingerprint density at radius 1 is 1.19 bits per heavy atom. The monoisotopic (exact) mass is 369 g/mol. The van der Waals surface area contributed by atoms with Crippen molar-refractivity contribution >= 4 is 29.0 Å². The Morgan fingerprint density at radius 3 is 2.48 bits per heavy atom. The fourth-order valence-electron chi connectivity index (χ4n) is 3.86. The molecule has 2 heterocycles. The van der Waals surface area contributed by atoms with Gasteiger partial charge in [0, 0.05) is 32.2 Å². The van der Waals surface area contributed by atoms with Gasteiger partial charge in [-0.15, -0.1) is 0 Å². The van der Waals surface area contributed by atoms with Gasteiger partial charge in [-0.2, -0.15) is 0 Å². The molecule has 1 N–H and O–H groups in total. The van der Waals surface area contributed by atoms with Crippen LogP contribution in [0.4, 0.5) is 5.69 Å². The summed E-state index contributed by atoms with van der Waals surface area (Å²) in [4.78, 5) is 40.8. The second-order valence-corrected chi connectivity index (χ2v) is 7.44. The minimum absolute atomic E-state index is 0.147. The van der Waals surface area contributed by atoms with Crippen LogP contribution in [0, 0.1) is 5.92 Å². The lowest BCUT2D eigenvalue weighted by molar-refractivity contribution is -0.137. The van der Waals surface area contributed by atoms with Crippen LogP contribution >= 0.6 is 0 Å². The average molecular weight is 369 g/mol. The van der Waals surface area contributed by atoms with E-state index in [0.717, 1.165) is 32.4 Å². The van der Waals surface area contributed by atoms with E-state index in [1.165, 1.54) is 11.8 Å². The van der Waals surface area contributed by atoms with Crippen molar-refractivity contribution in [1.29, 1.82) is 0 Å². The van der Waals surface area contributed by atoms with Gasteiger partial charge < -0.3 is 10.2 Å². The van der Waals surface area contributed by atoms with Crippen LogP contribution in [0.1, 0.15) is 45.6 Å². The lowest BCUT2D eigenvalue weighted by atomic mass is 9.97. The van der Waals surface area contributed by atoms with Gasteiger partial charge in [-0.25, -0.2) is 0 Å². The topological polar surface area (TPSA) is 69.7 Å². The maximum absolute atomic E-state index is 13.1. The highest BCUT2D eigenvalue weighted by molar-refractivity contribution is 6.35. The van der Waals surface area contributed by atoms with E-state index in [2.05, 4.69) is 17.1 Å². The van der Waals surface area contributed by atoms with E-state index in [0.29, 0.717) is 35.0 Å². The van der Waals surface area contributed by atoms with Crippen molar-refractivity contribution < 1.29 is 14.4 Å². The van der Waals surface area contributed by atoms with E-state index < -0.39 is 0 Å². The van der Waals surface area contributed by atoms with E-state index in [1.807, 2.05) is 6.92 Å². The van der Waals surface area contributed by atoms with Crippen LogP contribution in [0.15, 0.2) is 30.0 Å². The minimum Gasteiger partial charge on any atom is -0.366 e. The number of likely N-dealkylation sites (tertiary alicyclic amines) is 1. The molecule has 2 aliphatic heterocycles. The number of nitrogens with one attached hydrogen (secondary N) is 1. The van der Waals surface area contributed by atoms with Crippen molar-refractivity contribution in [3.05, 3.63) is 35.5 Å². The second kappa shape index (κ2) is 7.94. The summed E-state index contributed by atoms with van der Waals surface area (Å²) in [7, 11) is 0. The van der Waals surface area contributed by atoms with Crippen molar-refractivity contribution in [3.8, 4) is 0 Å². The molecule has 6 heteroatoms. The number of piperidine rings is 1.